The molecular weight excluding hydrogens is 444 g/mol. The van der Waals surface area contributed by atoms with Crippen molar-refractivity contribution < 1.29 is 23.7 Å². The van der Waals surface area contributed by atoms with Gasteiger partial charge in [-0.3, -0.25) is 4.79 Å². The number of carbonyl (C=O) groups is 1. The van der Waals surface area contributed by atoms with E-state index in [0.717, 1.165) is 16.9 Å². The molecule has 0 radical (unpaired) electrons. The second kappa shape index (κ2) is 9.95. The number of halogens is 1. The second-order valence-electron chi connectivity index (χ2n) is 6.39. The summed E-state index contributed by atoms with van der Waals surface area (Å²) >= 11 is 7.52. The molecule has 0 spiro atoms. The number of aromatic amines is 1. The zero-order chi connectivity index (χ0) is 22.5. The molecule has 10 heteroatoms. The normalized spacial score (nSPS) is 11.6. The van der Waals surface area contributed by atoms with Crippen LogP contribution >= 0.6 is 22.9 Å². The minimum Gasteiger partial charge on any atom is -0.493 e. The molecule has 8 nitrogen and oxygen atoms in total. The zero-order valence-electron chi connectivity index (χ0n) is 17.4. The highest BCUT2D eigenvalue weighted by molar-refractivity contribution is 7.20. The maximum atomic E-state index is 12.7. The number of fused-ring (bicyclic) bond motifs is 1. The average molecular weight is 465 g/mol. The Bertz CT molecular complexity index is 1200. The monoisotopic (exact) mass is 464 g/mol. The number of hydrogen-bond donors (Lipinski definition) is 1. The Kier molecular flexibility index (Phi) is 7.32. The van der Waals surface area contributed by atoms with Crippen LogP contribution in [0, 0.1) is 6.92 Å². The SMILES string of the molecule is COCCOC(=O)c1sc2nc(/C(Cl)=C/c3ccc(OC)c(OC)c3)[nH]c(=O)c2c1C. The summed E-state index contributed by atoms with van der Waals surface area (Å²) in [5, 5.41) is 0.560. The predicted octanol–water partition coefficient (Wildman–Crippen LogP) is 3.85. The van der Waals surface area contributed by atoms with Crippen molar-refractivity contribution in [3.05, 3.63) is 50.4 Å². The Morgan fingerprint density at radius 2 is 1.94 bits per heavy atom. The molecule has 0 aliphatic carbocycles. The van der Waals surface area contributed by atoms with Crippen LogP contribution in [0.5, 0.6) is 11.5 Å². The van der Waals surface area contributed by atoms with Crippen LogP contribution in [0.3, 0.4) is 0 Å². The summed E-state index contributed by atoms with van der Waals surface area (Å²) in [5.74, 6) is 0.797. The van der Waals surface area contributed by atoms with E-state index in [-0.39, 0.29) is 29.6 Å². The minimum absolute atomic E-state index is 0.123. The van der Waals surface area contributed by atoms with Crippen LogP contribution < -0.4 is 15.0 Å². The van der Waals surface area contributed by atoms with Crippen molar-refractivity contribution in [3.8, 4) is 11.5 Å². The fourth-order valence-electron chi connectivity index (χ4n) is 2.89. The number of methoxy groups -OCH3 is 3. The van der Waals surface area contributed by atoms with Crippen LogP contribution in [0.25, 0.3) is 21.3 Å². The lowest BCUT2D eigenvalue weighted by atomic mass is 10.2. The molecule has 0 bridgehead atoms. The molecule has 2 aromatic heterocycles. The molecule has 31 heavy (non-hydrogen) atoms. The van der Waals surface area contributed by atoms with E-state index in [1.165, 1.54) is 14.2 Å². The summed E-state index contributed by atoms with van der Waals surface area (Å²) in [6.45, 7) is 2.09. The lowest BCUT2D eigenvalue weighted by Gasteiger charge is -2.08. The fraction of sp³-hybridized carbons (Fsp3) is 0.286. The summed E-state index contributed by atoms with van der Waals surface area (Å²) < 4.78 is 20.6. The van der Waals surface area contributed by atoms with Gasteiger partial charge in [-0.2, -0.15) is 0 Å². The van der Waals surface area contributed by atoms with Crippen LogP contribution in [0.15, 0.2) is 23.0 Å². The first kappa shape index (κ1) is 22.8. The summed E-state index contributed by atoms with van der Waals surface area (Å²) in [7, 11) is 4.61. The third-order valence-electron chi connectivity index (χ3n) is 4.43. The first-order valence-electron chi connectivity index (χ1n) is 9.18. The third-order valence-corrected chi connectivity index (χ3v) is 5.89. The molecule has 0 saturated heterocycles. The molecule has 3 aromatic rings. The Morgan fingerprint density at radius 1 is 1.19 bits per heavy atom. The lowest BCUT2D eigenvalue weighted by Crippen LogP contribution is -2.11. The van der Waals surface area contributed by atoms with Crippen molar-refractivity contribution in [3.63, 3.8) is 0 Å². The highest BCUT2D eigenvalue weighted by Gasteiger charge is 2.21. The van der Waals surface area contributed by atoms with E-state index < -0.39 is 5.97 Å². The van der Waals surface area contributed by atoms with Gasteiger partial charge in [-0.05, 0) is 36.3 Å². The summed E-state index contributed by atoms with van der Waals surface area (Å²) in [6.07, 6.45) is 1.65. The zero-order valence-corrected chi connectivity index (χ0v) is 19.0. The number of thiophene rings is 1. The summed E-state index contributed by atoms with van der Waals surface area (Å²) in [4.78, 5) is 32.8. The number of esters is 1. The topological polar surface area (TPSA) is 99.7 Å². The van der Waals surface area contributed by atoms with Crippen LogP contribution in [0.1, 0.15) is 26.6 Å². The number of hydrogen-bond acceptors (Lipinski definition) is 8. The minimum atomic E-state index is -0.523. The number of nitrogens with one attached hydrogen (secondary N) is 1. The van der Waals surface area contributed by atoms with Gasteiger partial charge >= 0.3 is 5.97 Å². The first-order chi connectivity index (χ1) is 14.9. The standard InChI is InChI=1S/C21H21ClN2O6S/c1-11-16-19(25)23-18(24-20(16)31-17(11)21(26)30-8-7-27-2)13(22)9-12-5-6-14(28-3)15(10-12)29-4/h5-6,9-10H,7-8H2,1-4H3,(H,23,24,25)/b13-9-. The molecule has 0 amide bonds. The number of benzene rings is 1. The quantitative estimate of drug-likeness (QED) is 0.399. The fourth-order valence-corrected chi connectivity index (χ4v) is 4.18. The van der Waals surface area contributed by atoms with E-state index >= 15 is 0 Å². The van der Waals surface area contributed by atoms with E-state index in [1.807, 2.05) is 0 Å². The largest absolute Gasteiger partial charge is 0.493 e. The number of aryl methyl sites for hydroxylation is 1. The Labute approximate surface area is 187 Å². The molecule has 164 valence electrons. The van der Waals surface area contributed by atoms with Gasteiger partial charge in [-0.15, -0.1) is 11.3 Å². The van der Waals surface area contributed by atoms with E-state index in [2.05, 4.69) is 9.97 Å². The molecule has 0 aliphatic rings. The second-order valence-corrected chi connectivity index (χ2v) is 7.79. The Balaban J connectivity index is 1.97. The van der Waals surface area contributed by atoms with Crippen LogP contribution in [0.2, 0.25) is 0 Å². The van der Waals surface area contributed by atoms with Gasteiger partial charge in [0.2, 0.25) is 0 Å². The molecule has 0 aliphatic heterocycles. The van der Waals surface area contributed by atoms with Crippen molar-refractivity contribution in [1.82, 2.24) is 9.97 Å². The maximum Gasteiger partial charge on any atom is 0.348 e. The van der Waals surface area contributed by atoms with Gasteiger partial charge in [0.25, 0.3) is 5.56 Å². The number of carbonyl (C=O) groups excluding carboxylic acids is 1. The molecule has 0 fully saturated rings. The number of H-pyrrole nitrogens is 1. The lowest BCUT2D eigenvalue weighted by molar-refractivity contribution is 0.0393. The Morgan fingerprint density at radius 3 is 2.61 bits per heavy atom. The van der Waals surface area contributed by atoms with Crippen molar-refractivity contribution in [2.24, 2.45) is 0 Å². The van der Waals surface area contributed by atoms with E-state index in [0.29, 0.717) is 32.2 Å². The molecule has 0 unspecified atom stereocenters. The average Bonchev–Trinajstić information content (AvgIpc) is 3.10. The van der Waals surface area contributed by atoms with Crippen molar-refractivity contribution in [2.75, 3.05) is 34.5 Å². The third kappa shape index (κ3) is 4.90. The predicted molar refractivity (Wildman–Crippen MR) is 120 cm³/mol. The van der Waals surface area contributed by atoms with Crippen molar-refractivity contribution in [1.29, 1.82) is 0 Å². The van der Waals surface area contributed by atoms with Gasteiger partial charge in [0.15, 0.2) is 17.3 Å². The van der Waals surface area contributed by atoms with Gasteiger partial charge < -0.3 is 23.9 Å². The number of nitrogens with zero attached hydrogens (tertiary/aromatic N) is 1. The molecular formula is C21H21ClN2O6S. The first-order valence-corrected chi connectivity index (χ1v) is 10.4. The highest BCUT2D eigenvalue weighted by Crippen LogP contribution is 2.31. The van der Waals surface area contributed by atoms with Gasteiger partial charge in [0, 0.05) is 7.11 Å². The van der Waals surface area contributed by atoms with E-state index in [9.17, 15) is 9.59 Å². The van der Waals surface area contributed by atoms with Gasteiger partial charge in [0.1, 0.15) is 16.3 Å². The summed E-state index contributed by atoms with van der Waals surface area (Å²) in [5.41, 5.74) is 0.862. The van der Waals surface area contributed by atoms with Crippen molar-refractivity contribution in [2.45, 2.75) is 6.92 Å². The van der Waals surface area contributed by atoms with E-state index in [4.69, 9.17) is 30.5 Å². The molecule has 3 rings (SSSR count). The van der Waals surface area contributed by atoms with Crippen LogP contribution in [-0.2, 0) is 9.47 Å². The smallest absolute Gasteiger partial charge is 0.348 e. The van der Waals surface area contributed by atoms with Gasteiger partial charge in [-0.1, -0.05) is 17.7 Å². The van der Waals surface area contributed by atoms with Crippen LogP contribution in [-0.4, -0.2) is 50.5 Å². The van der Waals surface area contributed by atoms with Crippen LogP contribution in [0.4, 0.5) is 0 Å². The Hall–Kier alpha value is -2.88. The number of ether oxygens (including phenoxy) is 4. The maximum absolute atomic E-state index is 12.7. The molecule has 0 saturated carbocycles. The molecule has 1 aromatic carbocycles. The van der Waals surface area contributed by atoms with Gasteiger partial charge in [-0.25, -0.2) is 9.78 Å². The number of aromatic nitrogens is 2. The highest BCUT2D eigenvalue weighted by atomic mass is 35.5. The molecule has 0 atom stereocenters. The van der Waals surface area contributed by atoms with E-state index in [1.54, 1.807) is 38.3 Å². The summed E-state index contributed by atoms with van der Waals surface area (Å²) in [6, 6.07) is 5.29. The molecule has 2 heterocycles. The molecule has 1 N–H and O–H groups in total. The van der Waals surface area contributed by atoms with Crippen molar-refractivity contribution >= 4 is 50.2 Å². The number of rotatable bonds is 8. The van der Waals surface area contributed by atoms with Gasteiger partial charge in [0.05, 0.1) is 31.2 Å².